The largest absolute Gasteiger partial charge is 0.465 e. The number of hydrogen-bond acceptors (Lipinski definition) is 10. The Labute approximate surface area is 239 Å². The van der Waals surface area contributed by atoms with E-state index in [1.54, 1.807) is 13.8 Å². The molecule has 1 amide bonds. The van der Waals surface area contributed by atoms with E-state index in [9.17, 15) is 24.5 Å². The van der Waals surface area contributed by atoms with E-state index in [0.29, 0.717) is 12.8 Å². The van der Waals surface area contributed by atoms with E-state index in [2.05, 4.69) is 10.2 Å². The number of carbonyl (C=O) groups is 3. The molecule has 1 aliphatic rings. The van der Waals surface area contributed by atoms with Gasteiger partial charge in [-0.05, 0) is 43.4 Å². The molecule has 41 heavy (non-hydrogen) atoms. The highest BCUT2D eigenvalue weighted by Crippen LogP contribution is 2.25. The molecule has 1 aliphatic heterocycles. The summed E-state index contributed by atoms with van der Waals surface area (Å²) in [5.74, 6) is -1.37. The summed E-state index contributed by atoms with van der Waals surface area (Å²) in [6.45, 7) is 3.49. The number of nitrogens with one attached hydrogen (secondary N) is 1. The summed E-state index contributed by atoms with van der Waals surface area (Å²) in [7, 11) is 0. The fraction of sp³-hybridized carbons (Fsp3) is 0.483. The number of hydrogen-bond donors (Lipinski definition) is 1. The lowest BCUT2D eigenvalue weighted by atomic mass is 9.93. The van der Waals surface area contributed by atoms with Gasteiger partial charge in [0, 0.05) is 13.0 Å². The highest BCUT2D eigenvalue weighted by Gasteiger charge is 2.38. The van der Waals surface area contributed by atoms with Gasteiger partial charge in [0.1, 0.15) is 25.3 Å². The van der Waals surface area contributed by atoms with Gasteiger partial charge >= 0.3 is 11.9 Å². The monoisotopic (exact) mass is 571 g/mol. The van der Waals surface area contributed by atoms with Crippen LogP contribution in [0.25, 0.3) is 0 Å². The van der Waals surface area contributed by atoms with Gasteiger partial charge in [-0.3, -0.25) is 14.9 Å². The number of benzene rings is 2. The molecule has 222 valence electrons. The lowest BCUT2D eigenvalue weighted by Crippen LogP contribution is -2.56. The summed E-state index contributed by atoms with van der Waals surface area (Å²) in [6, 6.07) is 14.9. The second kappa shape index (κ2) is 16.3. The smallest absolute Gasteiger partial charge is 0.329 e. The number of fused-ring (bicyclic) bond motifs is 1. The number of rotatable bonds is 16. The molecule has 0 radical (unpaired) electrons. The Balaban J connectivity index is 1.65. The molecule has 0 spiro atoms. The number of amides is 1. The van der Waals surface area contributed by atoms with E-state index < -0.39 is 35.2 Å². The maximum absolute atomic E-state index is 13.7. The van der Waals surface area contributed by atoms with E-state index in [0.717, 1.165) is 16.7 Å². The number of nitrogens with zero attached hydrogens (tertiary/aromatic N) is 2. The van der Waals surface area contributed by atoms with Crippen LogP contribution in [0.5, 0.6) is 0 Å². The molecular weight excluding hydrogens is 534 g/mol. The van der Waals surface area contributed by atoms with Crippen LogP contribution in [0.1, 0.15) is 37.0 Å². The standard InChI is InChI=1S/C29H37N3O9/c1-3-39-28(34)25(14-13-22-9-5-4-6-10-22)30-21(2)27(33)31-20-24-12-8-7-11-23(24)19-26(31)29(35)40-17-15-38-16-18-41-32(36)37/h4-12,21,25-26,30H,3,13-20H2,1-2H3. The van der Waals surface area contributed by atoms with Crippen LogP contribution in [0.3, 0.4) is 0 Å². The molecule has 3 unspecified atom stereocenters. The molecule has 0 saturated heterocycles. The molecule has 0 bridgehead atoms. The molecule has 2 aromatic rings. The quantitative estimate of drug-likeness (QED) is 0.138. The molecule has 12 nitrogen and oxygen atoms in total. The maximum atomic E-state index is 13.7. The predicted octanol–water partition coefficient (Wildman–Crippen LogP) is 2.25. The fourth-order valence-corrected chi connectivity index (χ4v) is 4.62. The van der Waals surface area contributed by atoms with Crippen LogP contribution < -0.4 is 5.32 Å². The molecule has 3 rings (SSSR count). The summed E-state index contributed by atoms with van der Waals surface area (Å²) in [5.41, 5.74) is 2.93. The molecule has 2 aromatic carbocycles. The molecule has 0 aromatic heterocycles. The molecule has 0 saturated carbocycles. The zero-order chi connectivity index (χ0) is 29.6. The number of esters is 2. The van der Waals surface area contributed by atoms with Crippen LogP contribution in [-0.2, 0) is 52.8 Å². The highest BCUT2D eigenvalue weighted by molar-refractivity contribution is 5.89. The van der Waals surface area contributed by atoms with E-state index in [1.807, 2.05) is 54.6 Å². The van der Waals surface area contributed by atoms with Crippen LogP contribution in [0, 0.1) is 10.1 Å². The van der Waals surface area contributed by atoms with Gasteiger partial charge in [0.2, 0.25) is 5.91 Å². The van der Waals surface area contributed by atoms with Crippen LogP contribution >= 0.6 is 0 Å². The first-order chi connectivity index (χ1) is 19.8. The first kappa shape index (κ1) is 31.5. The van der Waals surface area contributed by atoms with Gasteiger partial charge < -0.3 is 23.9 Å². The maximum Gasteiger partial charge on any atom is 0.329 e. The van der Waals surface area contributed by atoms with Crippen LogP contribution in [-0.4, -0.2) is 79.0 Å². The van der Waals surface area contributed by atoms with Crippen molar-refractivity contribution in [1.29, 1.82) is 0 Å². The van der Waals surface area contributed by atoms with Gasteiger partial charge in [-0.1, -0.05) is 54.6 Å². The number of ether oxygens (including phenoxy) is 3. The lowest BCUT2D eigenvalue weighted by molar-refractivity contribution is -0.758. The van der Waals surface area contributed by atoms with Gasteiger partial charge in [0.05, 0.1) is 25.9 Å². The lowest BCUT2D eigenvalue weighted by Gasteiger charge is -2.37. The van der Waals surface area contributed by atoms with E-state index in [4.69, 9.17) is 14.2 Å². The average Bonchev–Trinajstić information content (AvgIpc) is 2.97. The minimum atomic E-state index is -0.913. The normalized spacial score (nSPS) is 15.8. The molecular formula is C29H37N3O9. The van der Waals surface area contributed by atoms with Crippen molar-refractivity contribution < 1.29 is 38.5 Å². The third-order valence-electron chi connectivity index (χ3n) is 6.66. The van der Waals surface area contributed by atoms with Crippen molar-refractivity contribution in [2.45, 2.75) is 57.8 Å². The van der Waals surface area contributed by atoms with Crippen LogP contribution in [0.15, 0.2) is 54.6 Å². The second-order valence-corrected chi connectivity index (χ2v) is 9.51. The zero-order valence-electron chi connectivity index (χ0n) is 23.4. The Morgan fingerprint density at radius 3 is 2.39 bits per heavy atom. The first-order valence-corrected chi connectivity index (χ1v) is 13.7. The molecule has 0 aliphatic carbocycles. The molecule has 1 N–H and O–H groups in total. The Morgan fingerprint density at radius 2 is 1.68 bits per heavy atom. The third-order valence-corrected chi connectivity index (χ3v) is 6.66. The summed E-state index contributed by atoms with van der Waals surface area (Å²) in [4.78, 5) is 55.4. The fourth-order valence-electron chi connectivity index (χ4n) is 4.62. The minimum Gasteiger partial charge on any atom is -0.465 e. The van der Waals surface area contributed by atoms with Gasteiger partial charge in [-0.15, -0.1) is 10.1 Å². The van der Waals surface area contributed by atoms with Gasteiger partial charge in [-0.25, -0.2) is 4.79 Å². The van der Waals surface area contributed by atoms with Crippen LogP contribution in [0.4, 0.5) is 0 Å². The minimum absolute atomic E-state index is 0.0185. The van der Waals surface area contributed by atoms with Crippen LogP contribution in [0.2, 0.25) is 0 Å². The Hall–Kier alpha value is -4.03. The summed E-state index contributed by atoms with van der Waals surface area (Å²) in [5, 5.41) is 12.4. The van der Waals surface area contributed by atoms with Crippen molar-refractivity contribution in [3.05, 3.63) is 81.4 Å². The first-order valence-electron chi connectivity index (χ1n) is 13.7. The summed E-state index contributed by atoms with van der Waals surface area (Å²) < 4.78 is 15.8. The van der Waals surface area contributed by atoms with E-state index in [1.165, 1.54) is 4.90 Å². The van der Waals surface area contributed by atoms with Gasteiger partial charge in [0.25, 0.3) is 5.09 Å². The Bertz CT molecular complexity index is 1160. The average molecular weight is 572 g/mol. The Kier molecular flexibility index (Phi) is 12.5. The third kappa shape index (κ3) is 9.83. The molecule has 3 atom stereocenters. The molecule has 0 fully saturated rings. The number of aryl methyl sites for hydroxylation is 1. The highest BCUT2D eigenvalue weighted by atomic mass is 17.0. The van der Waals surface area contributed by atoms with Crippen molar-refractivity contribution in [2.24, 2.45) is 0 Å². The molecule has 1 heterocycles. The summed E-state index contributed by atoms with van der Waals surface area (Å²) >= 11 is 0. The SMILES string of the molecule is CCOC(=O)C(CCc1ccccc1)NC(C)C(=O)N1Cc2ccccc2CC1C(=O)OCCOCCO[N+](=O)[O-]. The van der Waals surface area contributed by atoms with E-state index >= 15 is 0 Å². The predicted molar refractivity (Wildman–Crippen MR) is 147 cm³/mol. The van der Waals surface area contributed by atoms with Crippen molar-refractivity contribution >= 4 is 17.8 Å². The molecule has 12 heteroatoms. The number of carbonyl (C=O) groups excluding carboxylic acids is 3. The van der Waals surface area contributed by atoms with Gasteiger partial charge in [-0.2, -0.15) is 0 Å². The van der Waals surface area contributed by atoms with Crippen molar-refractivity contribution in [1.82, 2.24) is 10.2 Å². The summed E-state index contributed by atoms with van der Waals surface area (Å²) in [6.07, 6.45) is 1.33. The zero-order valence-corrected chi connectivity index (χ0v) is 23.4. The Morgan fingerprint density at radius 1 is 1.00 bits per heavy atom. The van der Waals surface area contributed by atoms with Crippen molar-refractivity contribution in [3.8, 4) is 0 Å². The second-order valence-electron chi connectivity index (χ2n) is 9.51. The van der Waals surface area contributed by atoms with E-state index in [-0.39, 0.29) is 51.9 Å². The topological polar surface area (TPSA) is 147 Å². The van der Waals surface area contributed by atoms with Crippen molar-refractivity contribution in [3.63, 3.8) is 0 Å². The van der Waals surface area contributed by atoms with Crippen molar-refractivity contribution in [2.75, 3.05) is 33.0 Å². The van der Waals surface area contributed by atoms with Gasteiger partial charge in [0.15, 0.2) is 0 Å².